The molecule has 0 heterocycles. The Labute approximate surface area is 159 Å². The lowest BCUT2D eigenvalue weighted by molar-refractivity contribution is 0.0429. The molecule has 1 aliphatic carbocycles. The van der Waals surface area contributed by atoms with Crippen LogP contribution in [0.3, 0.4) is 0 Å². The minimum absolute atomic E-state index is 0.00970. The maximum absolute atomic E-state index is 12.0. The van der Waals surface area contributed by atoms with Crippen LogP contribution in [0.25, 0.3) is 0 Å². The van der Waals surface area contributed by atoms with E-state index in [1.54, 1.807) is 0 Å². The summed E-state index contributed by atoms with van der Waals surface area (Å²) < 4.78 is 11.1. The van der Waals surface area contributed by atoms with Gasteiger partial charge in [0, 0.05) is 19.3 Å². The Morgan fingerprint density at radius 2 is 1.96 bits per heavy atom. The van der Waals surface area contributed by atoms with Crippen LogP contribution < -0.4 is 5.32 Å². The van der Waals surface area contributed by atoms with Gasteiger partial charge >= 0.3 is 6.09 Å². The molecule has 0 aliphatic heterocycles. The monoisotopic (exact) mass is 369 g/mol. The molecule has 0 aromatic carbocycles. The highest BCUT2D eigenvalue weighted by molar-refractivity contribution is 5.67. The van der Waals surface area contributed by atoms with Crippen LogP contribution in [0.15, 0.2) is 12.7 Å². The van der Waals surface area contributed by atoms with Gasteiger partial charge in [-0.25, -0.2) is 4.79 Å². The average Bonchev–Trinajstić information content (AvgIpc) is 3.27. The Bertz CT molecular complexity index is 401. The van der Waals surface area contributed by atoms with Gasteiger partial charge < -0.3 is 19.9 Å². The van der Waals surface area contributed by atoms with Crippen molar-refractivity contribution in [2.75, 3.05) is 19.8 Å². The number of nitrogens with one attached hydrogen (secondary N) is 1. The molecule has 2 N–H and O–H groups in total. The zero-order valence-electron chi connectivity index (χ0n) is 16.9. The smallest absolute Gasteiger partial charge is 0.407 e. The Kier molecular flexibility index (Phi) is 11.6. The van der Waals surface area contributed by atoms with E-state index in [1.807, 2.05) is 19.9 Å². The molecular formula is C21H39NO4. The maximum Gasteiger partial charge on any atom is 0.407 e. The Morgan fingerprint density at radius 1 is 1.23 bits per heavy atom. The first-order valence-corrected chi connectivity index (χ1v) is 10.3. The molecule has 0 radical (unpaired) electrons. The molecule has 0 spiro atoms. The molecular weight excluding hydrogens is 330 g/mol. The molecule has 1 rings (SSSR count). The second kappa shape index (κ2) is 13.2. The van der Waals surface area contributed by atoms with Crippen molar-refractivity contribution in [1.29, 1.82) is 0 Å². The molecule has 0 bridgehead atoms. The summed E-state index contributed by atoms with van der Waals surface area (Å²) in [4.78, 5) is 12.0. The van der Waals surface area contributed by atoms with Gasteiger partial charge in [-0.3, -0.25) is 0 Å². The Morgan fingerprint density at radius 3 is 2.62 bits per heavy atom. The first kappa shape index (κ1) is 23.0. The zero-order chi connectivity index (χ0) is 19.4. The van der Waals surface area contributed by atoms with Crippen molar-refractivity contribution < 1.29 is 19.4 Å². The number of carbonyl (C=O) groups is 1. The van der Waals surface area contributed by atoms with E-state index in [1.165, 1.54) is 19.3 Å². The number of rotatable bonds is 15. The normalized spacial score (nSPS) is 23.9. The molecule has 1 saturated carbocycles. The van der Waals surface area contributed by atoms with Gasteiger partial charge in [-0.2, -0.15) is 0 Å². The Hall–Kier alpha value is -1.07. The lowest BCUT2D eigenvalue weighted by Gasteiger charge is -2.16. The summed E-state index contributed by atoms with van der Waals surface area (Å²) in [5.41, 5.74) is 0. The van der Waals surface area contributed by atoms with Gasteiger partial charge in [0.1, 0.15) is 0 Å². The van der Waals surface area contributed by atoms with Crippen LogP contribution in [-0.2, 0) is 9.47 Å². The standard InChI is InChI=1S/C21H39NO4/c1-5-7-9-18-19(10-8-6-2)20(18)15-26-21(24)22-16(3)12-14-25-17(4)11-13-23/h5,16-20,23H,1,6-15H2,2-4H3,(H,22,24)/t16?,17?,18?,19?,20-/m0/s1. The molecule has 0 aromatic rings. The number of hydrogen-bond donors (Lipinski definition) is 2. The van der Waals surface area contributed by atoms with Gasteiger partial charge in [0.05, 0.1) is 12.7 Å². The Balaban J connectivity index is 2.20. The van der Waals surface area contributed by atoms with Crippen molar-refractivity contribution in [3.05, 3.63) is 12.7 Å². The van der Waals surface area contributed by atoms with Gasteiger partial charge in [0.15, 0.2) is 0 Å². The number of aliphatic hydroxyl groups is 1. The molecule has 5 nitrogen and oxygen atoms in total. The van der Waals surface area contributed by atoms with Crippen LogP contribution in [0, 0.1) is 17.8 Å². The second-order valence-corrected chi connectivity index (χ2v) is 7.63. The van der Waals surface area contributed by atoms with Crippen LogP contribution in [-0.4, -0.2) is 43.2 Å². The summed E-state index contributed by atoms with van der Waals surface area (Å²) in [7, 11) is 0. The fraction of sp³-hybridized carbons (Fsp3) is 0.857. The van der Waals surface area contributed by atoms with Crippen LogP contribution in [0.4, 0.5) is 4.79 Å². The highest BCUT2D eigenvalue weighted by Crippen LogP contribution is 2.52. The van der Waals surface area contributed by atoms with Crippen LogP contribution in [0.5, 0.6) is 0 Å². The van der Waals surface area contributed by atoms with E-state index in [0.717, 1.165) is 19.3 Å². The lowest BCUT2D eigenvalue weighted by atomic mass is 10.1. The maximum atomic E-state index is 12.0. The third-order valence-corrected chi connectivity index (χ3v) is 5.36. The number of hydrogen-bond acceptors (Lipinski definition) is 4. The summed E-state index contributed by atoms with van der Waals surface area (Å²) >= 11 is 0. The fourth-order valence-electron chi connectivity index (χ4n) is 3.58. The van der Waals surface area contributed by atoms with Gasteiger partial charge in [0.25, 0.3) is 0 Å². The lowest BCUT2D eigenvalue weighted by Crippen LogP contribution is -2.34. The van der Waals surface area contributed by atoms with E-state index in [4.69, 9.17) is 14.6 Å². The summed E-state index contributed by atoms with van der Waals surface area (Å²) in [6.45, 7) is 11.1. The predicted octanol–water partition coefficient (Wildman–Crippen LogP) is 4.30. The summed E-state index contributed by atoms with van der Waals surface area (Å²) in [5, 5.41) is 11.7. The van der Waals surface area contributed by atoms with Crippen molar-refractivity contribution in [2.24, 2.45) is 17.8 Å². The van der Waals surface area contributed by atoms with Crippen molar-refractivity contribution >= 4 is 6.09 Å². The van der Waals surface area contributed by atoms with Crippen molar-refractivity contribution in [2.45, 2.75) is 77.9 Å². The largest absolute Gasteiger partial charge is 0.449 e. The molecule has 1 fully saturated rings. The zero-order valence-corrected chi connectivity index (χ0v) is 16.9. The predicted molar refractivity (Wildman–Crippen MR) is 105 cm³/mol. The molecule has 4 unspecified atom stereocenters. The third kappa shape index (κ3) is 9.04. The minimum Gasteiger partial charge on any atom is -0.449 e. The molecule has 1 amide bonds. The first-order valence-electron chi connectivity index (χ1n) is 10.3. The fourth-order valence-corrected chi connectivity index (χ4v) is 3.58. The van der Waals surface area contributed by atoms with E-state index in [9.17, 15) is 4.79 Å². The number of unbranched alkanes of at least 4 members (excludes halogenated alkanes) is 1. The van der Waals surface area contributed by atoms with Gasteiger partial charge in [-0.05, 0) is 63.7 Å². The van der Waals surface area contributed by atoms with E-state index in [-0.39, 0.29) is 24.8 Å². The van der Waals surface area contributed by atoms with Crippen molar-refractivity contribution in [3.8, 4) is 0 Å². The van der Waals surface area contributed by atoms with Gasteiger partial charge in [-0.15, -0.1) is 6.58 Å². The average molecular weight is 370 g/mol. The second-order valence-electron chi connectivity index (χ2n) is 7.63. The molecule has 0 saturated heterocycles. The van der Waals surface area contributed by atoms with Crippen LogP contribution >= 0.6 is 0 Å². The van der Waals surface area contributed by atoms with Crippen molar-refractivity contribution in [3.63, 3.8) is 0 Å². The van der Waals surface area contributed by atoms with E-state index >= 15 is 0 Å². The van der Waals surface area contributed by atoms with E-state index < -0.39 is 0 Å². The van der Waals surface area contributed by atoms with E-state index in [2.05, 4.69) is 18.8 Å². The molecule has 26 heavy (non-hydrogen) atoms. The minimum atomic E-state index is -0.329. The summed E-state index contributed by atoms with van der Waals surface area (Å²) in [6.07, 6.45) is 8.98. The molecule has 1 aliphatic rings. The first-order chi connectivity index (χ1) is 12.5. The topological polar surface area (TPSA) is 67.8 Å². The van der Waals surface area contributed by atoms with E-state index in [0.29, 0.717) is 37.4 Å². The third-order valence-electron chi connectivity index (χ3n) is 5.36. The highest BCUT2D eigenvalue weighted by Gasteiger charge is 2.48. The molecule has 152 valence electrons. The van der Waals surface area contributed by atoms with Gasteiger partial charge in [-0.1, -0.05) is 25.8 Å². The number of ether oxygens (including phenoxy) is 2. The number of amides is 1. The number of aliphatic hydroxyl groups excluding tert-OH is 1. The van der Waals surface area contributed by atoms with Crippen molar-refractivity contribution in [1.82, 2.24) is 5.32 Å². The molecule has 5 heteroatoms. The summed E-state index contributed by atoms with van der Waals surface area (Å²) in [5.74, 6) is 1.91. The highest BCUT2D eigenvalue weighted by atomic mass is 16.5. The summed E-state index contributed by atoms with van der Waals surface area (Å²) in [6, 6.07) is 0.00970. The van der Waals surface area contributed by atoms with Crippen LogP contribution in [0.1, 0.15) is 65.7 Å². The number of carbonyl (C=O) groups excluding carboxylic acids is 1. The number of alkyl carbamates (subject to hydrolysis) is 1. The van der Waals surface area contributed by atoms with Crippen LogP contribution in [0.2, 0.25) is 0 Å². The molecule has 5 atom stereocenters. The SMILES string of the molecule is C=CCCC1C(CCCC)[C@H]1COC(=O)NC(C)CCOC(C)CCO. The number of allylic oxidation sites excluding steroid dienone is 1. The quantitative estimate of drug-likeness (QED) is 0.422. The molecule has 0 aromatic heterocycles. The van der Waals surface area contributed by atoms with Gasteiger partial charge in [0.2, 0.25) is 0 Å².